The van der Waals surface area contributed by atoms with Gasteiger partial charge in [0.2, 0.25) is 0 Å². The number of benzene rings is 2. The molecule has 0 aliphatic rings. The summed E-state index contributed by atoms with van der Waals surface area (Å²) in [5.74, 6) is -1.48. The Balaban J connectivity index is 2.75. The Morgan fingerprint density at radius 1 is 1.00 bits per heavy atom. The molecule has 0 heterocycles. The summed E-state index contributed by atoms with van der Waals surface area (Å²) < 4.78 is 39.4. The number of nitrogens with two attached hydrogens (primary N) is 1. The highest BCUT2D eigenvalue weighted by Gasteiger charge is 2.34. The zero-order valence-corrected chi connectivity index (χ0v) is 11.5. The van der Waals surface area contributed by atoms with Crippen molar-refractivity contribution in [3.8, 4) is 11.1 Å². The molecule has 0 fully saturated rings. The van der Waals surface area contributed by atoms with Crippen molar-refractivity contribution in [2.24, 2.45) is 5.73 Å². The Morgan fingerprint density at radius 2 is 1.61 bits per heavy atom. The lowest BCUT2D eigenvalue weighted by molar-refractivity contribution is -0.137. The van der Waals surface area contributed by atoms with Gasteiger partial charge >= 0.3 is 18.2 Å². The molecule has 0 radical (unpaired) electrons. The van der Waals surface area contributed by atoms with Crippen LogP contribution in [0.1, 0.15) is 15.9 Å². The van der Waals surface area contributed by atoms with Crippen LogP contribution in [-0.2, 0) is 6.18 Å². The predicted octanol–water partition coefficient (Wildman–Crippen LogP) is 3.56. The molecule has 0 unspecified atom stereocenters. The summed E-state index contributed by atoms with van der Waals surface area (Å²) in [6.07, 6.45) is -4.65. The zero-order chi connectivity index (χ0) is 17.2. The Bertz CT molecular complexity index is 773. The van der Waals surface area contributed by atoms with Crippen LogP contribution in [-0.4, -0.2) is 17.1 Å². The third-order valence-corrected chi connectivity index (χ3v) is 3.06. The molecule has 0 saturated heterocycles. The van der Waals surface area contributed by atoms with Gasteiger partial charge in [-0.1, -0.05) is 30.3 Å². The lowest BCUT2D eigenvalue weighted by atomic mass is 9.94. The Morgan fingerprint density at radius 3 is 2.17 bits per heavy atom. The number of hydrogen-bond donors (Lipinski definition) is 3. The number of nitrogens with one attached hydrogen (secondary N) is 1. The monoisotopic (exact) mass is 324 g/mol. The summed E-state index contributed by atoms with van der Waals surface area (Å²) in [4.78, 5) is 22.4. The van der Waals surface area contributed by atoms with Gasteiger partial charge in [0.15, 0.2) is 0 Å². The van der Waals surface area contributed by atoms with Gasteiger partial charge in [-0.2, -0.15) is 13.2 Å². The molecule has 2 aromatic carbocycles. The molecule has 2 amide bonds. The number of hydrogen-bond acceptors (Lipinski definition) is 2. The zero-order valence-electron chi connectivity index (χ0n) is 11.5. The quantitative estimate of drug-likeness (QED) is 0.806. The van der Waals surface area contributed by atoms with Crippen LogP contribution >= 0.6 is 0 Å². The van der Waals surface area contributed by atoms with E-state index in [0.29, 0.717) is 0 Å². The number of carboxylic acids is 1. The summed E-state index contributed by atoms with van der Waals surface area (Å²) in [6.45, 7) is 0. The van der Waals surface area contributed by atoms with Crippen molar-refractivity contribution in [2.75, 3.05) is 5.32 Å². The van der Waals surface area contributed by atoms with Gasteiger partial charge in [-0.15, -0.1) is 0 Å². The highest BCUT2D eigenvalue weighted by Crippen LogP contribution is 2.39. The molecule has 2 rings (SSSR count). The van der Waals surface area contributed by atoms with Crippen LogP contribution in [0, 0.1) is 0 Å². The van der Waals surface area contributed by atoms with Crippen LogP contribution in [0.2, 0.25) is 0 Å². The van der Waals surface area contributed by atoms with E-state index in [9.17, 15) is 27.9 Å². The van der Waals surface area contributed by atoms with Crippen molar-refractivity contribution in [1.29, 1.82) is 0 Å². The molecule has 0 aromatic heterocycles. The second-order valence-corrected chi connectivity index (χ2v) is 4.57. The van der Waals surface area contributed by atoms with E-state index in [1.54, 1.807) is 0 Å². The SMILES string of the molecule is NC(=O)Nc1cccc(-c2ccccc2C(F)(F)F)c1C(=O)O. The fraction of sp³-hybridized carbons (Fsp3) is 0.0667. The lowest BCUT2D eigenvalue weighted by Gasteiger charge is -2.16. The van der Waals surface area contributed by atoms with Crippen molar-refractivity contribution in [3.63, 3.8) is 0 Å². The largest absolute Gasteiger partial charge is 0.478 e. The Kier molecular flexibility index (Phi) is 4.26. The first-order chi connectivity index (χ1) is 10.7. The van der Waals surface area contributed by atoms with Gasteiger partial charge < -0.3 is 16.2 Å². The fourth-order valence-electron chi connectivity index (χ4n) is 2.21. The molecule has 0 saturated carbocycles. The van der Waals surface area contributed by atoms with Crippen LogP contribution in [0.25, 0.3) is 11.1 Å². The maximum atomic E-state index is 13.1. The molecule has 0 aliphatic carbocycles. The first-order valence-electron chi connectivity index (χ1n) is 6.31. The molecule has 2 aromatic rings. The molecule has 23 heavy (non-hydrogen) atoms. The number of urea groups is 1. The normalized spacial score (nSPS) is 11.1. The van der Waals surface area contributed by atoms with Crippen molar-refractivity contribution in [3.05, 3.63) is 53.6 Å². The summed E-state index contributed by atoms with van der Waals surface area (Å²) in [6, 6.07) is 7.39. The van der Waals surface area contributed by atoms with Crippen LogP contribution in [0.4, 0.5) is 23.7 Å². The number of carboxylic acid groups (broad SMARTS) is 1. The van der Waals surface area contributed by atoms with E-state index < -0.39 is 29.3 Å². The van der Waals surface area contributed by atoms with Gasteiger partial charge in [0.25, 0.3) is 0 Å². The minimum absolute atomic E-state index is 0.170. The third-order valence-electron chi connectivity index (χ3n) is 3.06. The highest BCUT2D eigenvalue weighted by atomic mass is 19.4. The molecular formula is C15H11F3N2O3. The van der Waals surface area contributed by atoms with E-state index in [1.807, 2.05) is 0 Å². The number of carbonyl (C=O) groups excluding carboxylic acids is 1. The average Bonchev–Trinajstić information content (AvgIpc) is 2.45. The van der Waals surface area contributed by atoms with Crippen molar-refractivity contribution in [2.45, 2.75) is 6.18 Å². The van der Waals surface area contributed by atoms with E-state index >= 15 is 0 Å². The number of halogens is 3. The smallest absolute Gasteiger partial charge is 0.417 e. The van der Waals surface area contributed by atoms with Crippen LogP contribution in [0.15, 0.2) is 42.5 Å². The van der Waals surface area contributed by atoms with Gasteiger partial charge in [0.05, 0.1) is 16.8 Å². The fourth-order valence-corrected chi connectivity index (χ4v) is 2.21. The molecule has 5 nitrogen and oxygen atoms in total. The van der Waals surface area contributed by atoms with Gasteiger partial charge in [-0.25, -0.2) is 9.59 Å². The number of aromatic carboxylic acids is 1. The van der Waals surface area contributed by atoms with Crippen LogP contribution in [0.3, 0.4) is 0 Å². The minimum atomic E-state index is -4.65. The average molecular weight is 324 g/mol. The van der Waals surface area contributed by atoms with Crippen molar-refractivity contribution < 1.29 is 27.9 Å². The minimum Gasteiger partial charge on any atom is -0.478 e. The number of alkyl halides is 3. The van der Waals surface area contributed by atoms with Gasteiger partial charge in [0, 0.05) is 0 Å². The van der Waals surface area contributed by atoms with Gasteiger partial charge in [-0.3, -0.25) is 0 Å². The van der Waals surface area contributed by atoms with E-state index in [2.05, 4.69) is 5.32 Å². The number of rotatable bonds is 3. The number of primary amides is 1. The molecule has 0 atom stereocenters. The van der Waals surface area contributed by atoms with E-state index in [0.717, 1.165) is 6.07 Å². The number of amides is 2. The summed E-state index contributed by atoms with van der Waals surface area (Å²) in [5.41, 5.74) is 2.86. The molecule has 120 valence electrons. The van der Waals surface area contributed by atoms with Gasteiger partial charge in [-0.05, 0) is 23.3 Å². The number of anilines is 1. The summed E-state index contributed by atoms with van der Waals surface area (Å²) >= 11 is 0. The molecule has 0 aliphatic heterocycles. The van der Waals surface area contributed by atoms with Gasteiger partial charge in [0.1, 0.15) is 0 Å². The second-order valence-electron chi connectivity index (χ2n) is 4.57. The topological polar surface area (TPSA) is 92.4 Å². The Labute approximate surface area is 128 Å². The number of carbonyl (C=O) groups is 2. The van der Waals surface area contributed by atoms with Crippen molar-refractivity contribution >= 4 is 17.7 Å². The maximum absolute atomic E-state index is 13.1. The van der Waals surface area contributed by atoms with E-state index in [4.69, 9.17) is 5.73 Å². The molecule has 8 heteroatoms. The molecule has 4 N–H and O–H groups in total. The second kappa shape index (κ2) is 5.99. The molecular weight excluding hydrogens is 313 g/mol. The van der Waals surface area contributed by atoms with Crippen molar-refractivity contribution in [1.82, 2.24) is 0 Å². The first kappa shape index (κ1) is 16.3. The standard InChI is InChI=1S/C15H11F3N2O3/c16-15(17,18)10-6-2-1-4-8(10)9-5-3-7-11(20-14(19)23)12(9)13(21)22/h1-7H,(H,21,22)(H3,19,20,23). The van der Waals surface area contributed by atoms with E-state index in [-0.39, 0.29) is 16.8 Å². The summed E-state index contributed by atoms with van der Waals surface area (Å²) in [5, 5.41) is 11.4. The van der Waals surface area contributed by atoms with Crippen LogP contribution in [0.5, 0.6) is 0 Å². The first-order valence-corrected chi connectivity index (χ1v) is 6.31. The van der Waals surface area contributed by atoms with Crippen LogP contribution < -0.4 is 11.1 Å². The molecule has 0 spiro atoms. The molecule has 0 bridgehead atoms. The highest BCUT2D eigenvalue weighted by molar-refractivity contribution is 6.05. The summed E-state index contributed by atoms with van der Waals surface area (Å²) in [7, 11) is 0. The lowest BCUT2D eigenvalue weighted by Crippen LogP contribution is -2.21. The predicted molar refractivity (Wildman–Crippen MR) is 77.0 cm³/mol. The van der Waals surface area contributed by atoms with E-state index in [1.165, 1.54) is 36.4 Å². The Hall–Kier alpha value is -3.03. The third kappa shape index (κ3) is 3.42. The maximum Gasteiger partial charge on any atom is 0.417 e.